The number of rotatable bonds is 2. The molecule has 0 atom stereocenters. The van der Waals surface area contributed by atoms with Crippen LogP contribution in [-0.4, -0.2) is 27.2 Å². The van der Waals surface area contributed by atoms with E-state index in [1.165, 1.54) is 6.26 Å². The van der Waals surface area contributed by atoms with Gasteiger partial charge in [0.25, 0.3) is 5.91 Å². The maximum Gasteiger partial charge on any atom is 0.263 e. The van der Waals surface area contributed by atoms with Gasteiger partial charge in [0.15, 0.2) is 0 Å². The molecule has 0 spiro atoms. The molecule has 1 rings (SSSR count). The highest BCUT2D eigenvalue weighted by molar-refractivity contribution is 7.89. The van der Waals surface area contributed by atoms with Crippen molar-refractivity contribution in [3.63, 3.8) is 0 Å². The Balaban J connectivity index is 2.60. The van der Waals surface area contributed by atoms with Crippen LogP contribution in [0.4, 0.5) is 0 Å². The van der Waals surface area contributed by atoms with Crippen LogP contribution in [0.2, 0.25) is 0 Å². The normalized spacial score (nSPS) is 16.6. The van der Waals surface area contributed by atoms with Gasteiger partial charge in [-0.2, -0.15) is 0 Å². The number of nitrogens with one attached hydrogen (secondary N) is 1. The molecule has 12 heavy (non-hydrogen) atoms. The summed E-state index contributed by atoms with van der Waals surface area (Å²) < 4.78 is 27.8. The zero-order valence-electron chi connectivity index (χ0n) is 6.53. The molecule has 0 radical (unpaired) electrons. The van der Waals surface area contributed by atoms with Crippen molar-refractivity contribution < 1.29 is 17.9 Å². The molecule has 1 aliphatic rings. The molecule has 0 saturated carbocycles. The monoisotopic (exact) mass is 191 g/mol. The second-order valence-corrected chi connectivity index (χ2v) is 4.22. The predicted molar refractivity (Wildman–Crippen MR) is 41.6 cm³/mol. The first-order chi connectivity index (χ1) is 5.49. The van der Waals surface area contributed by atoms with Gasteiger partial charge in [-0.25, -0.2) is 13.1 Å². The van der Waals surface area contributed by atoms with E-state index >= 15 is 0 Å². The minimum absolute atomic E-state index is 0.362. The van der Waals surface area contributed by atoms with Gasteiger partial charge in [0.2, 0.25) is 10.0 Å². The number of hydrogen-bond acceptors (Lipinski definition) is 4. The Kier molecular flexibility index (Phi) is 2.37. The molecule has 68 valence electrons. The number of hydrogen-bond donors (Lipinski definition) is 1. The van der Waals surface area contributed by atoms with Crippen LogP contribution >= 0.6 is 0 Å². The van der Waals surface area contributed by atoms with Crippen LogP contribution in [0.3, 0.4) is 0 Å². The second-order valence-electron chi connectivity index (χ2n) is 2.47. The molecule has 0 unspecified atom stereocenters. The van der Waals surface area contributed by atoms with E-state index in [0.717, 1.165) is 6.26 Å². The van der Waals surface area contributed by atoms with E-state index in [9.17, 15) is 13.2 Å². The third kappa shape index (κ3) is 2.54. The zero-order valence-corrected chi connectivity index (χ0v) is 7.35. The van der Waals surface area contributed by atoms with Crippen molar-refractivity contribution in [3.05, 3.63) is 11.8 Å². The van der Waals surface area contributed by atoms with E-state index in [1.54, 1.807) is 0 Å². The maximum absolute atomic E-state index is 11.0. The van der Waals surface area contributed by atoms with Crippen molar-refractivity contribution in [1.29, 1.82) is 0 Å². The smallest absolute Gasteiger partial charge is 0.263 e. The van der Waals surface area contributed by atoms with Gasteiger partial charge in [-0.3, -0.25) is 4.79 Å². The third-order valence-corrected chi connectivity index (χ3v) is 1.84. The Morgan fingerprint density at radius 3 is 2.75 bits per heavy atom. The summed E-state index contributed by atoms with van der Waals surface area (Å²) in [5, 5.41) is 0. The molecular weight excluding hydrogens is 182 g/mol. The highest BCUT2D eigenvalue weighted by Gasteiger charge is 2.17. The predicted octanol–water partition coefficient (Wildman–Crippen LogP) is -0.634. The molecule has 1 amide bonds. The molecular formula is C6H9NO4S. The van der Waals surface area contributed by atoms with Gasteiger partial charge < -0.3 is 4.74 Å². The highest BCUT2D eigenvalue weighted by Crippen LogP contribution is 2.09. The van der Waals surface area contributed by atoms with Crippen molar-refractivity contribution in [2.24, 2.45) is 0 Å². The first kappa shape index (κ1) is 9.05. The molecule has 1 heterocycles. The fourth-order valence-electron chi connectivity index (χ4n) is 0.788. The molecule has 0 bridgehead atoms. The quantitative estimate of drug-likeness (QED) is 0.630. The van der Waals surface area contributed by atoms with Crippen molar-refractivity contribution in [2.75, 3.05) is 12.9 Å². The van der Waals surface area contributed by atoms with Crippen LogP contribution in [-0.2, 0) is 19.6 Å². The van der Waals surface area contributed by atoms with Crippen molar-refractivity contribution in [1.82, 2.24) is 4.72 Å². The van der Waals surface area contributed by atoms with Crippen LogP contribution in [0.15, 0.2) is 11.8 Å². The Hall–Kier alpha value is -1.04. The first-order valence-corrected chi connectivity index (χ1v) is 5.21. The SMILES string of the molecule is CS(=O)(=O)NC(=O)C1=COCC1. The van der Waals surface area contributed by atoms with Gasteiger partial charge in [-0.05, 0) is 0 Å². The lowest BCUT2D eigenvalue weighted by molar-refractivity contribution is -0.115. The van der Waals surface area contributed by atoms with Gasteiger partial charge in [0, 0.05) is 6.42 Å². The van der Waals surface area contributed by atoms with Crippen molar-refractivity contribution in [3.8, 4) is 0 Å². The Labute approximate surface area is 70.5 Å². The zero-order chi connectivity index (χ0) is 9.19. The molecule has 0 saturated heterocycles. The summed E-state index contributed by atoms with van der Waals surface area (Å²) in [5.41, 5.74) is 0.362. The molecule has 0 aromatic rings. The highest BCUT2D eigenvalue weighted by atomic mass is 32.2. The van der Waals surface area contributed by atoms with Gasteiger partial charge in [0.1, 0.15) is 0 Å². The molecule has 0 fully saturated rings. The molecule has 6 heteroatoms. The van der Waals surface area contributed by atoms with E-state index in [4.69, 9.17) is 4.74 Å². The topological polar surface area (TPSA) is 72.5 Å². The number of amides is 1. The Morgan fingerprint density at radius 1 is 1.67 bits per heavy atom. The minimum atomic E-state index is -3.46. The minimum Gasteiger partial charge on any atom is -0.500 e. The van der Waals surface area contributed by atoms with Crippen LogP contribution in [0.5, 0.6) is 0 Å². The molecule has 5 nitrogen and oxygen atoms in total. The third-order valence-electron chi connectivity index (χ3n) is 1.28. The van der Waals surface area contributed by atoms with Gasteiger partial charge in [0.05, 0.1) is 24.7 Å². The summed E-state index contributed by atoms with van der Waals surface area (Å²) in [6.45, 7) is 0.437. The van der Waals surface area contributed by atoms with Crippen molar-refractivity contribution in [2.45, 2.75) is 6.42 Å². The summed E-state index contributed by atoms with van der Waals surface area (Å²) >= 11 is 0. The summed E-state index contributed by atoms with van der Waals surface area (Å²) in [7, 11) is -3.46. The van der Waals surface area contributed by atoms with E-state index in [1.807, 2.05) is 4.72 Å². The van der Waals surface area contributed by atoms with Crippen LogP contribution < -0.4 is 4.72 Å². The largest absolute Gasteiger partial charge is 0.500 e. The number of carbonyl (C=O) groups is 1. The van der Waals surface area contributed by atoms with Gasteiger partial charge >= 0.3 is 0 Å². The summed E-state index contributed by atoms with van der Waals surface area (Å²) in [6, 6.07) is 0. The van der Waals surface area contributed by atoms with E-state index in [2.05, 4.69) is 0 Å². The second kappa shape index (κ2) is 3.14. The van der Waals surface area contributed by atoms with Crippen LogP contribution in [0.1, 0.15) is 6.42 Å². The molecule has 1 aliphatic heterocycles. The lowest BCUT2D eigenvalue weighted by Gasteiger charge is -2.00. The van der Waals surface area contributed by atoms with Crippen LogP contribution in [0, 0.1) is 0 Å². The standard InChI is InChI=1S/C6H9NO4S/c1-12(9,10)7-6(8)5-2-3-11-4-5/h4H,2-3H2,1H3,(H,7,8). The molecule has 0 aromatic carbocycles. The summed E-state index contributed by atoms with van der Waals surface area (Å²) in [6.07, 6.45) is 2.67. The fraction of sp³-hybridized carbons (Fsp3) is 0.500. The van der Waals surface area contributed by atoms with E-state index < -0.39 is 15.9 Å². The Morgan fingerprint density at radius 2 is 2.33 bits per heavy atom. The van der Waals surface area contributed by atoms with Gasteiger partial charge in [-0.1, -0.05) is 0 Å². The summed E-state index contributed by atoms with van der Waals surface area (Å²) in [4.78, 5) is 11.0. The molecule has 1 N–H and O–H groups in total. The lowest BCUT2D eigenvalue weighted by atomic mass is 10.2. The number of sulfonamides is 1. The molecule has 0 aliphatic carbocycles. The average Bonchev–Trinajstić information content (AvgIpc) is 2.32. The average molecular weight is 191 g/mol. The van der Waals surface area contributed by atoms with Crippen LogP contribution in [0.25, 0.3) is 0 Å². The van der Waals surface area contributed by atoms with E-state index in [-0.39, 0.29) is 0 Å². The lowest BCUT2D eigenvalue weighted by Crippen LogP contribution is -2.30. The first-order valence-electron chi connectivity index (χ1n) is 3.32. The molecule has 0 aromatic heterocycles. The van der Waals surface area contributed by atoms with Gasteiger partial charge in [-0.15, -0.1) is 0 Å². The maximum atomic E-state index is 11.0. The number of carbonyl (C=O) groups excluding carboxylic acids is 1. The van der Waals surface area contributed by atoms with Crippen molar-refractivity contribution >= 4 is 15.9 Å². The van der Waals surface area contributed by atoms with E-state index in [0.29, 0.717) is 18.6 Å². The fourth-order valence-corrected chi connectivity index (χ4v) is 1.26. The summed E-state index contributed by atoms with van der Waals surface area (Å²) in [5.74, 6) is -0.602. The number of ether oxygens (including phenoxy) is 1. The Bertz CT molecular complexity index is 316.